The van der Waals surface area contributed by atoms with E-state index in [0.717, 1.165) is 53.0 Å². The number of aromatic nitrogens is 2. The highest BCUT2D eigenvalue weighted by Crippen LogP contribution is 2.42. The van der Waals surface area contributed by atoms with Crippen LogP contribution in [0.3, 0.4) is 0 Å². The van der Waals surface area contributed by atoms with E-state index in [9.17, 15) is 18.0 Å². The first-order valence-corrected chi connectivity index (χ1v) is 13.0. The molecule has 1 aliphatic heterocycles. The molecular weight excluding hydrogens is 519 g/mol. The van der Waals surface area contributed by atoms with E-state index in [4.69, 9.17) is 11.6 Å². The van der Waals surface area contributed by atoms with E-state index in [1.54, 1.807) is 13.1 Å². The van der Waals surface area contributed by atoms with E-state index < -0.39 is 11.7 Å². The largest absolute Gasteiger partial charge is 0.420 e. The molecular formula is C23H23ClF3N5OS2. The Bertz CT molecular complexity index is 1230. The first kappa shape index (κ1) is 25.7. The summed E-state index contributed by atoms with van der Waals surface area (Å²) in [6.45, 7) is 3.96. The van der Waals surface area contributed by atoms with Crippen LogP contribution in [0.1, 0.15) is 21.6 Å². The minimum atomic E-state index is -4.61. The number of nitrogens with zero attached hydrogens (tertiary/aromatic N) is 3. The zero-order chi connectivity index (χ0) is 25.2. The highest BCUT2D eigenvalue weighted by molar-refractivity contribution is 7.99. The van der Waals surface area contributed by atoms with Crippen LogP contribution in [0.4, 0.5) is 24.8 Å². The molecule has 0 unspecified atom stereocenters. The van der Waals surface area contributed by atoms with Crippen molar-refractivity contribution in [3.8, 4) is 10.6 Å². The Morgan fingerprint density at radius 1 is 1.31 bits per heavy atom. The summed E-state index contributed by atoms with van der Waals surface area (Å²) in [7, 11) is 1.68. The van der Waals surface area contributed by atoms with Gasteiger partial charge < -0.3 is 15.5 Å². The van der Waals surface area contributed by atoms with Gasteiger partial charge in [0, 0.05) is 41.9 Å². The lowest BCUT2D eigenvalue weighted by Gasteiger charge is -2.19. The number of hydrogen-bond acceptors (Lipinski definition) is 7. The minimum absolute atomic E-state index is 0.0386. The van der Waals surface area contributed by atoms with E-state index in [-0.39, 0.29) is 11.6 Å². The van der Waals surface area contributed by atoms with Crippen molar-refractivity contribution in [1.29, 1.82) is 0 Å². The number of thiophene rings is 1. The summed E-state index contributed by atoms with van der Waals surface area (Å²) in [6.07, 6.45) is -2.23. The summed E-state index contributed by atoms with van der Waals surface area (Å²) in [6, 6.07) is 5.47. The number of thioether (sulfide) groups is 1. The van der Waals surface area contributed by atoms with Crippen molar-refractivity contribution < 1.29 is 18.0 Å². The molecule has 0 bridgehead atoms. The summed E-state index contributed by atoms with van der Waals surface area (Å²) < 4.78 is 41.4. The smallest absolute Gasteiger partial charge is 0.347 e. The second kappa shape index (κ2) is 10.7. The van der Waals surface area contributed by atoms with Crippen LogP contribution in [0.2, 0.25) is 5.02 Å². The molecule has 3 heterocycles. The van der Waals surface area contributed by atoms with Gasteiger partial charge in [-0.25, -0.2) is 9.97 Å². The highest BCUT2D eigenvalue weighted by Gasteiger charge is 2.36. The molecule has 0 aliphatic carbocycles. The highest BCUT2D eigenvalue weighted by atomic mass is 35.5. The number of alkyl halides is 3. The van der Waals surface area contributed by atoms with Crippen LogP contribution in [0.5, 0.6) is 0 Å². The second-order valence-electron chi connectivity index (χ2n) is 8.07. The van der Waals surface area contributed by atoms with Gasteiger partial charge in [0.15, 0.2) is 0 Å². The molecule has 6 nitrogen and oxygen atoms in total. The fourth-order valence-corrected chi connectivity index (χ4v) is 6.17. The summed E-state index contributed by atoms with van der Waals surface area (Å²) in [5.74, 6) is 0.665. The Hall–Kier alpha value is -2.34. The Morgan fingerprint density at radius 2 is 2.11 bits per heavy atom. The van der Waals surface area contributed by atoms with Crippen LogP contribution >= 0.6 is 34.7 Å². The lowest BCUT2D eigenvalue weighted by atomic mass is 10.0. The Morgan fingerprint density at radius 3 is 2.86 bits per heavy atom. The molecule has 12 heteroatoms. The first-order valence-electron chi connectivity index (χ1n) is 10.8. The Kier molecular flexibility index (Phi) is 7.89. The third-order valence-electron chi connectivity index (χ3n) is 5.50. The molecule has 0 spiro atoms. The fourth-order valence-electron chi connectivity index (χ4n) is 3.63. The molecule has 2 N–H and O–H groups in total. The van der Waals surface area contributed by atoms with Gasteiger partial charge in [0.1, 0.15) is 5.56 Å². The van der Waals surface area contributed by atoms with Crippen molar-refractivity contribution in [1.82, 2.24) is 20.2 Å². The Balaban J connectivity index is 1.65. The zero-order valence-electron chi connectivity index (χ0n) is 19.0. The third kappa shape index (κ3) is 6.08. The SMILES string of the molecule is Cc1sc(-c2nc(Nc3cc4c(cc3Cl)CNCC4)ncc2C(F)(F)F)cc1SCCN(C)C=O. The Labute approximate surface area is 214 Å². The molecule has 186 valence electrons. The number of rotatable bonds is 8. The van der Waals surface area contributed by atoms with Gasteiger partial charge in [-0.1, -0.05) is 11.6 Å². The molecule has 1 amide bonds. The molecule has 1 aromatic carbocycles. The third-order valence-corrected chi connectivity index (χ3v) is 8.12. The molecule has 2 aromatic heterocycles. The van der Waals surface area contributed by atoms with Gasteiger partial charge in [0.05, 0.1) is 21.3 Å². The molecule has 0 radical (unpaired) electrons. The van der Waals surface area contributed by atoms with Crippen molar-refractivity contribution in [2.24, 2.45) is 0 Å². The molecule has 0 saturated heterocycles. The standard InChI is InChI=1S/C23H23ClF3N5OS2/c1-13-19(34-6-5-32(2)12-33)9-20(35-13)21-16(23(25,26)27)11-29-22(31-21)30-18-8-14-3-4-28-10-15(14)7-17(18)24/h7-9,11-12,28H,3-6,10H2,1-2H3,(H,29,30,31). The van der Waals surface area contributed by atoms with Gasteiger partial charge in [-0.3, -0.25) is 4.79 Å². The summed E-state index contributed by atoms with van der Waals surface area (Å²) in [5, 5.41) is 6.73. The maximum absolute atomic E-state index is 13.8. The lowest BCUT2D eigenvalue weighted by Crippen LogP contribution is -2.23. The number of carbonyl (C=O) groups is 1. The molecule has 1 aliphatic rings. The van der Waals surface area contributed by atoms with Gasteiger partial charge in [0.2, 0.25) is 12.4 Å². The van der Waals surface area contributed by atoms with E-state index >= 15 is 0 Å². The average molecular weight is 542 g/mol. The molecule has 0 fully saturated rings. The maximum atomic E-state index is 13.8. The number of amides is 1. The van der Waals surface area contributed by atoms with Crippen molar-refractivity contribution in [3.05, 3.63) is 51.0 Å². The normalized spacial score (nSPS) is 13.4. The van der Waals surface area contributed by atoms with E-state index in [2.05, 4.69) is 20.6 Å². The van der Waals surface area contributed by atoms with E-state index in [1.165, 1.54) is 28.0 Å². The summed E-state index contributed by atoms with van der Waals surface area (Å²) in [4.78, 5) is 22.6. The zero-order valence-corrected chi connectivity index (χ0v) is 21.4. The van der Waals surface area contributed by atoms with Crippen LogP contribution in [0.15, 0.2) is 29.3 Å². The number of aryl methyl sites for hydroxylation is 1. The fraction of sp³-hybridized carbons (Fsp3) is 0.348. The van der Waals surface area contributed by atoms with Crippen molar-refractivity contribution >= 4 is 52.7 Å². The van der Waals surface area contributed by atoms with Gasteiger partial charge >= 0.3 is 6.18 Å². The monoisotopic (exact) mass is 541 g/mol. The number of anilines is 2. The van der Waals surface area contributed by atoms with E-state index in [0.29, 0.717) is 27.9 Å². The van der Waals surface area contributed by atoms with Crippen molar-refractivity contribution in [2.45, 2.75) is 31.0 Å². The topological polar surface area (TPSA) is 70.2 Å². The predicted octanol–water partition coefficient (Wildman–Crippen LogP) is 5.76. The average Bonchev–Trinajstić information content (AvgIpc) is 3.19. The van der Waals surface area contributed by atoms with Gasteiger partial charge in [0.25, 0.3) is 0 Å². The van der Waals surface area contributed by atoms with Crippen LogP contribution in [0, 0.1) is 6.92 Å². The first-order chi connectivity index (χ1) is 16.7. The van der Waals surface area contributed by atoms with Gasteiger partial charge in [-0.15, -0.1) is 23.1 Å². The van der Waals surface area contributed by atoms with Crippen LogP contribution in [-0.4, -0.2) is 47.2 Å². The number of halogens is 4. The lowest BCUT2D eigenvalue weighted by molar-refractivity contribution is -0.137. The predicted molar refractivity (Wildman–Crippen MR) is 135 cm³/mol. The maximum Gasteiger partial charge on any atom is 0.420 e. The van der Waals surface area contributed by atoms with Gasteiger partial charge in [-0.05, 0) is 49.2 Å². The number of benzene rings is 1. The molecule has 4 rings (SSSR count). The summed E-state index contributed by atoms with van der Waals surface area (Å²) >= 11 is 9.16. The number of hydrogen-bond donors (Lipinski definition) is 2. The molecule has 0 saturated carbocycles. The van der Waals surface area contributed by atoms with Gasteiger partial charge in [-0.2, -0.15) is 13.2 Å². The van der Waals surface area contributed by atoms with Crippen LogP contribution in [-0.2, 0) is 23.9 Å². The molecule has 35 heavy (non-hydrogen) atoms. The minimum Gasteiger partial charge on any atom is -0.347 e. The number of carbonyl (C=O) groups excluding carboxylic acids is 1. The second-order valence-corrected chi connectivity index (χ2v) is 10.9. The van der Waals surface area contributed by atoms with Crippen molar-refractivity contribution in [3.63, 3.8) is 0 Å². The van der Waals surface area contributed by atoms with E-state index in [1.807, 2.05) is 19.1 Å². The molecule has 3 aromatic rings. The van der Waals surface area contributed by atoms with Crippen molar-refractivity contribution in [2.75, 3.05) is 31.2 Å². The number of fused-ring (bicyclic) bond motifs is 1. The number of nitrogens with one attached hydrogen (secondary N) is 2. The van der Waals surface area contributed by atoms with Crippen LogP contribution in [0.25, 0.3) is 10.6 Å². The van der Waals surface area contributed by atoms with Crippen LogP contribution < -0.4 is 10.6 Å². The summed E-state index contributed by atoms with van der Waals surface area (Å²) in [5.41, 5.74) is 1.69. The quantitative estimate of drug-likeness (QED) is 0.279. The molecule has 0 atom stereocenters.